The lowest BCUT2D eigenvalue weighted by Crippen LogP contribution is -2.50. The molecule has 1 saturated carbocycles. The second-order valence-electron chi connectivity index (χ2n) is 5.20. The summed E-state index contributed by atoms with van der Waals surface area (Å²) in [5.74, 6) is -0.254. The number of primary sulfonamides is 1. The molecule has 1 unspecified atom stereocenters. The molecule has 0 aliphatic heterocycles. The zero-order chi connectivity index (χ0) is 15.1. The lowest BCUT2D eigenvalue weighted by Gasteiger charge is -2.23. The first kappa shape index (κ1) is 15.2. The third kappa shape index (κ3) is 3.12. The van der Waals surface area contributed by atoms with Gasteiger partial charge < -0.3 is 11.1 Å². The van der Waals surface area contributed by atoms with Crippen molar-refractivity contribution in [2.45, 2.75) is 30.2 Å². The number of carbonyl (C=O) groups excluding carboxylic acids is 1. The Morgan fingerprint density at radius 2 is 2.05 bits per heavy atom. The molecule has 0 radical (unpaired) electrons. The molecule has 1 aliphatic carbocycles. The molecule has 1 aromatic carbocycles. The molecule has 110 valence electrons. The van der Waals surface area contributed by atoms with E-state index < -0.39 is 21.5 Å². The van der Waals surface area contributed by atoms with E-state index in [0.29, 0.717) is 0 Å². The topological polar surface area (TPSA) is 115 Å². The van der Waals surface area contributed by atoms with Gasteiger partial charge in [-0.1, -0.05) is 11.6 Å². The monoisotopic (exact) mass is 317 g/mol. The molecule has 0 aromatic heterocycles. The van der Waals surface area contributed by atoms with E-state index in [1.165, 1.54) is 18.2 Å². The van der Waals surface area contributed by atoms with Crippen molar-refractivity contribution in [1.29, 1.82) is 0 Å². The molecular formula is C12H16ClN3O3S. The zero-order valence-electron chi connectivity index (χ0n) is 10.9. The molecule has 0 spiro atoms. The van der Waals surface area contributed by atoms with Crippen LogP contribution in [0.1, 0.15) is 19.8 Å². The fourth-order valence-electron chi connectivity index (χ4n) is 1.90. The standard InChI is InChI=1S/C12H16ClN3O3S/c1-12(14,7-2-3-7)11(17)16-10-6-8(20(15,18)19)4-5-9(10)13/h4-7H,2-3,14H2,1H3,(H,16,17)(H2,15,18,19). The van der Waals surface area contributed by atoms with Gasteiger partial charge in [-0.15, -0.1) is 0 Å². The summed E-state index contributed by atoms with van der Waals surface area (Å²) in [4.78, 5) is 12.0. The van der Waals surface area contributed by atoms with Gasteiger partial charge in [0.2, 0.25) is 15.9 Å². The second kappa shape index (κ2) is 5.00. The minimum atomic E-state index is -3.86. The van der Waals surface area contributed by atoms with E-state index in [2.05, 4.69) is 5.32 Å². The number of rotatable bonds is 4. The highest BCUT2D eigenvalue weighted by Crippen LogP contribution is 2.39. The Morgan fingerprint density at radius 1 is 1.45 bits per heavy atom. The summed E-state index contributed by atoms with van der Waals surface area (Å²) in [6, 6.07) is 3.86. The Balaban J connectivity index is 2.27. The lowest BCUT2D eigenvalue weighted by molar-refractivity contribution is -0.121. The van der Waals surface area contributed by atoms with Gasteiger partial charge in [0, 0.05) is 0 Å². The lowest BCUT2D eigenvalue weighted by atomic mass is 9.96. The minimum absolute atomic E-state index is 0.123. The van der Waals surface area contributed by atoms with Crippen molar-refractivity contribution < 1.29 is 13.2 Å². The first-order valence-corrected chi connectivity index (χ1v) is 7.97. The van der Waals surface area contributed by atoms with Crippen LogP contribution in [0.2, 0.25) is 5.02 Å². The van der Waals surface area contributed by atoms with Crippen LogP contribution in [0.25, 0.3) is 0 Å². The van der Waals surface area contributed by atoms with Gasteiger partial charge >= 0.3 is 0 Å². The molecule has 0 saturated heterocycles. The van der Waals surface area contributed by atoms with Crippen LogP contribution in [-0.2, 0) is 14.8 Å². The minimum Gasteiger partial charge on any atom is -0.323 e. The average Bonchev–Trinajstić information content (AvgIpc) is 3.14. The van der Waals surface area contributed by atoms with Crippen LogP contribution in [0.3, 0.4) is 0 Å². The van der Waals surface area contributed by atoms with Crippen molar-refractivity contribution in [1.82, 2.24) is 0 Å². The van der Waals surface area contributed by atoms with Crippen molar-refractivity contribution in [3.05, 3.63) is 23.2 Å². The Hall–Kier alpha value is -1.15. The van der Waals surface area contributed by atoms with Gasteiger partial charge in [0.05, 0.1) is 21.1 Å². The maximum absolute atomic E-state index is 12.2. The van der Waals surface area contributed by atoms with E-state index in [0.717, 1.165) is 12.8 Å². The fraction of sp³-hybridized carbons (Fsp3) is 0.417. The summed E-state index contributed by atoms with van der Waals surface area (Å²) in [5.41, 5.74) is 5.17. The van der Waals surface area contributed by atoms with Crippen LogP contribution in [0, 0.1) is 5.92 Å². The summed E-state index contributed by atoms with van der Waals surface area (Å²) in [7, 11) is -3.86. The summed E-state index contributed by atoms with van der Waals surface area (Å²) in [6.45, 7) is 1.65. The van der Waals surface area contributed by atoms with E-state index in [9.17, 15) is 13.2 Å². The molecule has 1 atom stereocenters. The maximum atomic E-state index is 12.2. The normalized spacial score (nSPS) is 18.4. The molecule has 5 N–H and O–H groups in total. The number of benzene rings is 1. The molecule has 1 aromatic rings. The highest BCUT2D eigenvalue weighted by Gasteiger charge is 2.44. The molecule has 2 rings (SSSR count). The van der Waals surface area contributed by atoms with Crippen LogP contribution in [0.5, 0.6) is 0 Å². The van der Waals surface area contributed by atoms with E-state index in [1.54, 1.807) is 6.92 Å². The fourth-order valence-corrected chi connectivity index (χ4v) is 2.61. The van der Waals surface area contributed by atoms with Gasteiger partial charge in [-0.2, -0.15) is 0 Å². The molecule has 20 heavy (non-hydrogen) atoms. The van der Waals surface area contributed by atoms with E-state index in [-0.39, 0.29) is 21.5 Å². The Morgan fingerprint density at radius 3 is 2.55 bits per heavy atom. The van der Waals surface area contributed by atoms with E-state index in [4.69, 9.17) is 22.5 Å². The van der Waals surface area contributed by atoms with Gasteiger partial charge in [-0.05, 0) is 43.9 Å². The quantitative estimate of drug-likeness (QED) is 0.769. The van der Waals surface area contributed by atoms with Crippen molar-refractivity contribution in [2.24, 2.45) is 16.8 Å². The summed E-state index contributed by atoms with van der Waals surface area (Å²) in [6.07, 6.45) is 1.82. The van der Waals surface area contributed by atoms with Gasteiger partial charge in [-0.3, -0.25) is 4.79 Å². The van der Waals surface area contributed by atoms with Crippen molar-refractivity contribution >= 4 is 33.2 Å². The number of hydrogen-bond donors (Lipinski definition) is 3. The average molecular weight is 318 g/mol. The van der Waals surface area contributed by atoms with E-state index in [1.807, 2.05) is 0 Å². The molecule has 6 nitrogen and oxygen atoms in total. The number of amides is 1. The number of hydrogen-bond acceptors (Lipinski definition) is 4. The third-order valence-electron chi connectivity index (χ3n) is 3.43. The molecule has 0 heterocycles. The predicted octanol–water partition coefficient (Wildman–Crippen LogP) is 1.05. The number of nitrogens with two attached hydrogens (primary N) is 2. The molecule has 0 bridgehead atoms. The molecule has 1 aliphatic rings. The van der Waals surface area contributed by atoms with Crippen LogP contribution in [0.15, 0.2) is 23.1 Å². The molecular weight excluding hydrogens is 302 g/mol. The second-order valence-corrected chi connectivity index (χ2v) is 7.17. The number of nitrogens with one attached hydrogen (secondary N) is 1. The van der Waals surface area contributed by atoms with Gasteiger partial charge in [0.25, 0.3) is 0 Å². The van der Waals surface area contributed by atoms with Crippen molar-refractivity contribution in [2.75, 3.05) is 5.32 Å². The summed E-state index contributed by atoms with van der Waals surface area (Å²) < 4.78 is 22.6. The van der Waals surface area contributed by atoms with Crippen molar-refractivity contribution in [3.63, 3.8) is 0 Å². The van der Waals surface area contributed by atoms with E-state index >= 15 is 0 Å². The Bertz CT molecular complexity index is 654. The Kier molecular flexibility index (Phi) is 3.81. The number of halogens is 1. The van der Waals surface area contributed by atoms with Crippen molar-refractivity contribution in [3.8, 4) is 0 Å². The van der Waals surface area contributed by atoms with Crippen LogP contribution >= 0.6 is 11.6 Å². The molecule has 1 amide bonds. The highest BCUT2D eigenvalue weighted by atomic mass is 35.5. The van der Waals surface area contributed by atoms with Gasteiger partial charge in [0.1, 0.15) is 0 Å². The highest BCUT2D eigenvalue weighted by molar-refractivity contribution is 7.89. The van der Waals surface area contributed by atoms with Gasteiger partial charge in [0.15, 0.2) is 0 Å². The first-order valence-electron chi connectivity index (χ1n) is 6.05. The van der Waals surface area contributed by atoms with Crippen LogP contribution in [-0.4, -0.2) is 19.9 Å². The predicted molar refractivity (Wildman–Crippen MR) is 76.8 cm³/mol. The summed E-state index contributed by atoms with van der Waals surface area (Å²) in [5, 5.41) is 7.83. The first-order chi connectivity index (χ1) is 9.12. The third-order valence-corrected chi connectivity index (χ3v) is 4.67. The van der Waals surface area contributed by atoms with Crippen LogP contribution in [0.4, 0.5) is 5.69 Å². The SMILES string of the molecule is CC(N)(C(=O)Nc1cc(S(N)(=O)=O)ccc1Cl)C1CC1. The number of carbonyl (C=O) groups is 1. The largest absolute Gasteiger partial charge is 0.323 e. The van der Waals surface area contributed by atoms with Crippen LogP contribution < -0.4 is 16.2 Å². The maximum Gasteiger partial charge on any atom is 0.244 e. The zero-order valence-corrected chi connectivity index (χ0v) is 12.5. The number of sulfonamides is 1. The van der Waals surface area contributed by atoms with Gasteiger partial charge in [-0.25, -0.2) is 13.6 Å². The molecule has 8 heteroatoms. The Labute approximate surface area is 122 Å². The summed E-state index contributed by atoms with van der Waals surface area (Å²) >= 11 is 5.94. The number of anilines is 1. The molecule has 1 fully saturated rings. The smallest absolute Gasteiger partial charge is 0.244 e.